The molecule has 0 saturated carbocycles. The second kappa shape index (κ2) is 7.07. The Morgan fingerprint density at radius 3 is 2.30 bits per heavy atom. The van der Waals surface area contributed by atoms with Crippen LogP contribution in [0.3, 0.4) is 0 Å². The molecule has 0 bridgehead atoms. The lowest BCUT2D eigenvalue weighted by Crippen LogP contribution is -2.31. The van der Waals surface area contributed by atoms with Crippen molar-refractivity contribution in [2.75, 3.05) is 19.1 Å². The number of fused-ring (bicyclic) bond motifs is 1. The summed E-state index contributed by atoms with van der Waals surface area (Å²) in [4.78, 5) is 38.1. The van der Waals surface area contributed by atoms with Gasteiger partial charge in [-0.25, -0.2) is 4.90 Å². The van der Waals surface area contributed by atoms with Gasteiger partial charge >= 0.3 is 0 Å². The van der Waals surface area contributed by atoms with E-state index in [-0.39, 0.29) is 17.1 Å². The number of methoxy groups -OCH3 is 2. The van der Waals surface area contributed by atoms with Crippen LogP contribution in [-0.4, -0.2) is 31.8 Å². The minimum absolute atomic E-state index is 0.137. The second-order valence-electron chi connectivity index (χ2n) is 6.06. The molecule has 0 atom stereocenters. The van der Waals surface area contributed by atoms with Crippen LogP contribution in [0.15, 0.2) is 42.5 Å². The lowest BCUT2D eigenvalue weighted by molar-refractivity contribution is -0.122. The predicted molar refractivity (Wildman–Crippen MR) is 101 cm³/mol. The summed E-state index contributed by atoms with van der Waals surface area (Å²) in [6.45, 7) is 2.77. The summed E-state index contributed by atoms with van der Waals surface area (Å²) in [7, 11) is 2.98. The van der Waals surface area contributed by atoms with Crippen molar-refractivity contribution < 1.29 is 23.9 Å². The van der Waals surface area contributed by atoms with Gasteiger partial charge in [0.05, 0.1) is 31.0 Å². The average molecular weight is 365 g/mol. The number of carbonyl (C=O) groups excluding carboxylic acids is 3. The SMILES string of the molecule is COC(=C1C(=O)N(C(C)=O)c2ccc(C(C)=O)cc21)c1ccccc1OC. The number of benzene rings is 2. The summed E-state index contributed by atoms with van der Waals surface area (Å²) < 4.78 is 11.0. The number of carbonyl (C=O) groups is 3. The van der Waals surface area contributed by atoms with Crippen LogP contribution in [0.1, 0.15) is 35.3 Å². The Hall–Kier alpha value is -3.41. The molecule has 0 spiro atoms. The van der Waals surface area contributed by atoms with Gasteiger partial charge in [-0.2, -0.15) is 0 Å². The van der Waals surface area contributed by atoms with Crippen molar-refractivity contribution in [2.45, 2.75) is 13.8 Å². The summed E-state index contributed by atoms with van der Waals surface area (Å²) in [6.07, 6.45) is 0. The fourth-order valence-corrected chi connectivity index (χ4v) is 3.20. The highest BCUT2D eigenvalue weighted by Gasteiger charge is 2.38. The van der Waals surface area contributed by atoms with Gasteiger partial charge in [-0.1, -0.05) is 12.1 Å². The van der Waals surface area contributed by atoms with E-state index in [1.54, 1.807) is 42.5 Å². The molecule has 1 heterocycles. The number of hydrogen-bond donors (Lipinski definition) is 0. The average Bonchev–Trinajstić information content (AvgIpc) is 2.94. The van der Waals surface area contributed by atoms with Gasteiger partial charge in [-0.05, 0) is 37.3 Å². The van der Waals surface area contributed by atoms with Crippen molar-refractivity contribution in [2.24, 2.45) is 0 Å². The number of amides is 2. The Balaban J connectivity index is 2.36. The van der Waals surface area contributed by atoms with E-state index in [4.69, 9.17) is 9.47 Å². The molecular formula is C21H19NO5. The van der Waals surface area contributed by atoms with E-state index in [1.807, 2.05) is 0 Å². The van der Waals surface area contributed by atoms with Crippen LogP contribution >= 0.6 is 0 Å². The van der Waals surface area contributed by atoms with Crippen molar-refractivity contribution in [1.82, 2.24) is 0 Å². The molecule has 0 fully saturated rings. The van der Waals surface area contributed by atoms with Crippen LogP contribution in [0.4, 0.5) is 5.69 Å². The summed E-state index contributed by atoms with van der Waals surface area (Å²) in [5, 5.41) is 0. The molecule has 0 radical (unpaired) electrons. The highest BCUT2D eigenvalue weighted by Crippen LogP contribution is 2.43. The quantitative estimate of drug-likeness (QED) is 0.472. The van der Waals surface area contributed by atoms with Crippen molar-refractivity contribution in [3.63, 3.8) is 0 Å². The summed E-state index contributed by atoms with van der Waals surface area (Å²) in [5.41, 5.74) is 2.15. The summed E-state index contributed by atoms with van der Waals surface area (Å²) in [6, 6.07) is 11.9. The first-order valence-corrected chi connectivity index (χ1v) is 8.32. The molecule has 27 heavy (non-hydrogen) atoms. The number of imide groups is 1. The van der Waals surface area contributed by atoms with Crippen LogP contribution < -0.4 is 9.64 Å². The van der Waals surface area contributed by atoms with Gasteiger partial charge in [0.15, 0.2) is 5.78 Å². The summed E-state index contributed by atoms with van der Waals surface area (Å²) >= 11 is 0. The first kappa shape index (κ1) is 18.4. The molecule has 2 amide bonds. The molecule has 0 aromatic heterocycles. The maximum atomic E-state index is 13.1. The van der Waals surface area contributed by atoms with Crippen molar-refractivity contribution >= 4 is 34.6 Å². The zero-order valence-corrected chi connectivity index (χ0v) is 15.5. The Kier molecular flexibility index (Phi) is 4.81. The van der Waals surface area contributed by atoms with E-state index >= 15 is 0 Å². The lowest BCUT2D eigenvalue weighted by Gasteiger charge is -2.14. The summed E-state index contributed by atoms with van der Waals surface area (Å²) in [5.74, 6) is -0.242. The van der Waals surface area contributed by atoms with Crippen LogP contribution in [0.5, 0.6) is 5.75 Å². The Morgan fingerprint density at radius 1 is 1.00 bits per heavy atom. The number of ether oxygens (including phenoxy) is 2. The van der Waals surface area contributed by atoms with E-state index in [2.05, 4.69) is 0 Å². The number of rotatable bonds is 4. The van der Waals surface area contributed by atoms with E-state index in [1.165, 1.54) is 28.1 Å². The van der Waals surface area contributed by atoms with Gasteiger partial charge in [0.2, 0.25) is 5.91 Å². The van der Waals surface area contributed by atoms with Crippen LogP contribution in [0.25, 0.3) is 11.3 Å². The third kappa shape index (κ3) is 2.99. The topological polar surface area (TPSA) is 72.9 Å². The first-order valence-electron chi connectivity index (χ1n) is 8.32. The van der Waals surface area contributed by atoms with Gasteiger partial charge in [0, 0.05) is 18.1 Å². The van der Waals surface area contributed by atoms with E-state index in [0.717, 1.165) is 4.90 Å². The zero-order chi connectivity index (χ0) is 19.7. The molecule has 1 aliphatic rings. The molecule has 138 valence electrons. The van der Waals surface area contributed by atoms with Crippen LogP contribution in [0.2, 0.25) is 0 Å². The zero-order valence-electron chi connectivity index (χ0n) is 15.5. The molecule has 3 rings (SSSR count). The van der Waals surface area contributed by atoms with Gasteiger partial charge < -0.3 is 9.47 Å². The van der Waals surface area contributed by atoms with Crippen molar-refractivity contribution in [3.05, 3.63) is 59.2 Å². The van der Waals surface area contributed by atoms with Crippen molar-refractivity contribution in [3.8, 4) is 5.75 Å². The van der Waals surface area contributed by atoms with Crippen molar-refractivity contribution in [1.29, 1.82) is 0 Å². The number of anilines is 1. The van der Waals surface area contributed by atoms with E-state index < -0.39 is 11.8 Å². The molecule has 1 aliphatic heterocycles. The van der Waals surface area contributed by atoms with Gasteiger partial charge in [-0.15, -0.1) is 0 Å². The Labute approximate surface area is 157 Å². The van der Waals surface area contributed by atoms with Crippen LogP contribution in [-0.2, 0) is 14.3 Å². The number of para-hydroxylation sites is 1. The maximum Gasteiger partial charge on any atom is 0.269 e. The fraction of sp³-hybridized carbons (Fsp3) is 0.190. The molecule has 2 aromatic carbocycles. The molecule has 0 aliphatic carbocycles. The predicted octanol–water partition coefficient (Wildman–Crippen LogP) is 3.31. The molecule has 0 unspecified atom stereocenters. The standard InChI is InChI=1S/C21H19NO5/c1-12(23)14-9-10-17-16(11-14)19(21(25)22(17)13(2)24)20(27-4)15-7-5-6-8-18(15)26-3/h5-11H,1-4H3. The molecule has 0 saturated heterocycles. The van der Waals surface area contributed by atoms with E-state index in [0.29, 0.717) is 28.1 Å². The number of hydrogen-bond acceptors (Lipinski definition) is 5. The number of Topliss-reactive ketones (excluding diaryl/α,β-unsaturated/α-hetero) is 1. The molecule has 2 aromatic rings. The molecule has 6 nitrogen and oxygen atoms in total. The largest absolute Gasteiger partial charge is 0.496 e. The third-order valence-corrected chi connectivity index (χ3v) is 4.43. The molecule has 6 heteroatoms. The number of nitrogens with zero attached hydrogens (tertiary/aromatic N) is 1. The highest BCUT2D eigenvalue weighted by molar-refractivity contribution is 6.43. The monoisotopic (exact) mass is 365 g/mol. The third-order valence-electron chi connectivity index (χ3n) is 4.43. The highest BCUT2D eigenvalue weighted by atomic mass is 16.5. The Bertz CT molecular complexity index is 990. The number of ketones is 1. The fourth-order valence-electron chi connectivity index (χ4n) is 3.20. The normalized spacial score (nSPS) is 14.7. The maximum absolute atomic E-state index is 13.1. The first-order chi connectivity index (χ1) is 12.9. The van der Waals surface area contributed by atoms with Crippen LogP contribution in [0, 0.1) is 0 Å². The van der Waals surface area contributed by atoms with Gasteiger partial charge in [0.25, 0.3) is 5.91 Å². The lowest BCUT2D eigenvalue weighted by atomic mass is 9.98. The molecular weight excluding hydrogens is 346 g/mol. The minimum atomic E-state index is -0.499. The van der Waals surface area contributed by atoms with E-state index in [9.17, 15) is 14.4 Å². The van der Waals surface area contributed by atoms with Gasteiger partial charge in [-0.3, -0.25) is 14.4 Å². The molecule has 0 N–H and O–H groups in total. The smallest absolute Gasteiger partial charge is 0.269 e. The minimum Gasteiger partial charge on any atom is -0.496 e. The Morgan fingerprint density at radius 2 is 1.70 bits per heavy atom. The van der Waals surface area contributed by atoms with Gasteiger partial charge in [0.1, 0.15) is 11.5 Å². The second-order valence-corrected chi connectivity index (χ2v) is 6.06.